The van der Waals surface area contributed by atoms with E-state index in [0.29, 0.717) is 6.61 Å². The molecule has 1 atom stereocenters. The summed E-state index contributed by atoms with van der Waals surface area (Å²) in [6.45, 7) is 2.62. The lowest BCUT2D eigenvalue weighted by atomic mass is 10.1. The van der Waals surface area contributed by atoms with E-state index in [-0.39, 0.29) is 6.04 Å². The molecule has 0 fully saturated rings. The summed E-state index contributed by atoms with van der Waals surface area (Å²) < 4.78 is 10.7. The molecule has 0 aromatic carbocycles. The fraction of sp³-hybridized carbons (Fsp3) is 0.385. The number of hydrogen-bond donors (Lipinski definition) is 1. The average molecular weight is 251 g/mol. The van der Waals surface area contributed by atoms with Gasteiger partial charge in [-0.15, -0.1) is 11.3 Å². The summed E-state index contributed by atoms with van der Waals surface area (Å²) in [5.74, 6) is 1.61. The largest absolute Gasteiger partial charge is 0.462 e. The van der Waals surface area contributed by atoms with E-state index < -0.39 is 0 Å². The Morgan fingerprint density at radius 1 is 1.41 bits per heavy atom. The van der Waals surface area contributed by atoms with Crippen LogP contribution < -0.4 is 5.73 Å². The zero-order chi connectivity index (χ0) is 12.3. The molecule has 3 nitrogen and oxygen atoms in total. The predicted molar refractivity (Wildman–Crippen MR) is 69.1 cm³/mol. The number of thiophene rings is 1. The summed E-state index contributed by atoms with van der Waals surface area (Å²) in [6, 6.07) is 5.80. The standard InChI is InChI=1S/C13H17NO2S/c1-3-9-6-7-17-13(9)12(14)11-5-4-10(16-11)8-15-2/h4-7,12H,3,8,14H2,1-2H3. The first kappa shape index (κ1) is 12.4. The zero-order valence-electron chi connectivity index (χ0n) is 10.1. The fourth-order valence-corrected chi connectivity index (χ4v) is 2.83. The van der Waals surface area contributed by atoms with Gasteiger partial charge in [0.15, 0.2) is 0 Å². The summed E-state index contributed by atoms with van der Waals surface area (Å²) in [5.41, 5.74) is 7.52. The molecule has 4 heteroatoms. The third-order valence-electron chi connectivity index (χ3n) is 2.72. The summed E-state index contributed by atoms with van der Waals surface area (Å²) in [6.07, 6.45) is 0.998. The van der Waals surface area contributed by atoms with Gasteiger partial charge in [0.2, 0.25) is 0 Å². The maximum Gasteiger partial charge on any atom is 0.129 e. The molecule has 2 aromatic rings. The molecular formula is C13H17NO2S. The Balaban J connectivity index is 2.21. The Labute approximate surface area is 105 Å². The van der Waals surface area contributed by atoms with Gasteiger partial charge in [0.1, 0.15) is 18.1 Å². The van der Waals surface area contributed by atoms with Crippen molar-refractivity contribution < 1.29 is 9.15 Å². The summed E-state index contributed by atoms with van der Waals surface area (Å²) in [4.78, 5) is 1.19. The van der Waals surface area contributed by atoms with Crippen LogP contribution in [0.5, 0.6) is 0 Å². The van der Waals surface area contributed by atoms with Crippen molar-refractivity contribution in [2.75, 3.05) is 7.11 Å². The molecule has 0 aliphatic heterocycles. The van der Waals surface area contributed by atoms with Crippen LogP contribution in [0.2, 0.25) is 0 Å². The Kier molecular flexibility index (Phi) is 3.99. The lowest BCUT2D eigenvalue weighted by Gasteiger charge is -2.09. The Morgan fingerprint density at radius 3 is 2.94 bits per heavy atom. The lowest BCUT2D eigenvalue weighted by molar-refractivity contribution is 0.162. The molecule has 0 saturated carbocycles. The van der Waals surface area contributed by atoms with Crippen molar-refractivity contribution >= 4 is 11.3 Å². The lowest BCUT2D eigenvalue weighted by Crippen LogP contribution is -2.10. The molecule has 0 bridgehead atoms. The second-order valence-electron chi connectivity index (χ2n) is 3.88. The van der Waals surface area contributed by atoms with Gasteiger partial charge in [0.25, 0.3) is 0 Å². The van der Waals surface area contributed by atoms with E-state index in [2.05, 4.69) is 18.4 Å². The molecule has 0 radical (unpaired) electrons. The van der Waals surface area contributed by atoms with Gasteiger partial charge in [-0.25, -0.2) is 0 Å². The van der Waals surface area contributed by atoms with Crippen molar-refractivity contribution in [2.24, 2.45) is 5.73 Å². The van der Waals surface area contributed by atoms with Crippen LogP contribution in [0.4, 0.5) is 0 Å². The minimum Gasteiger partial charge on any atom is -0.462 e. The van der Waals surface area contributed by atoms with Crippen molar-refractivity contribution in [3.05, 3.63) is 45.5 Å². The van der Waals surface area contributed by atoms with Gasteiger partial charge in [-0.05, 0) is 35.6 Å². The number of hydrogen-bond acceptors (Lipinski definition) is 4. The molecule has 2 N–H and O–H groups in total. The van der Waals surface area contributed by atoms with E-state index >= 15 is 0 Å². The first-order valence-corrected chi connectivity index (χ1v) is 6.53. The van der Waals surface area contributed by atoms with Gasteiger partial charge in [0.05, 0.1) is 6.04 Å². The molecule has 0 aliphatic rings. The molecule has 0 saturated heterocycles. The van der Waals surface area contributed by atoms with Crippen LogP contribution in [0, 0.1) is 0 Å². The number of nitrogens with two attached hydrogens (primary N) is 1. The van der Waals surface area contributed by atoms with E-state index in [0.717, 1.165) is 17.9 Å². The minimum atomic E-state index is -0.171. The van der Waals surface area contributed by atoms with Gasteiger partial charge in [0, 0.05) is 12.0 Å². The van der Waals surface area contributed by atoms with Crippen molar-refractivity contribution in [3.8, 4) is 0 Å². The average Bonchev–Trinajstić information content (AvgIpc) is 2.96. The maximum absolute atomic E-state index is 6.22. The van der Waals surface area contributed by atoms with E-state index in [4.69, 9.17) is 14.9 Å². The molecule has 92 valence electrons. The maximum atomic E-state index is 6.22. The molecule has 1 unspecified atom stereocenters. The van der Waals surface area contributed by atoms with Crippen LogP contribution in [0.25, 0.3) is 0 Å². The summed E-state index contributed by atoms with van der Waals surface area (Å²) in [5, 5.41) is 2.08. The van der Waals surface area contributed by atoms with Crippen LogP contribution in [0.3, 0.4) is 0 Å². The molecule has 2 rings (SSSR count). The van der Waals surface area contributed by atoms with E-state index in [9.17, 15) is 0 Å². The highest BCUT2D eigenvalue weighted by atomic mass is 32.1. The highest BCUT2D eigenvalue weighted by molar-refractivity contribution is 7.10. The monoisotopic (exact) mass is 251 g/mol. The Bertz CT molecular complexity index is 475. The van der Waals surface area contributed by atoms with Crippen LogP contribution in [-0.2, 0) is 17.8 Å². The zero-order valence-corrected chi connectivity index (χ0v) is 10.9. The first-order valence-electron chi connectivity index (χ1n) is 5.65. The summed E-state index contributed by atoms with van der Waals surface area (Å²) >= 11 is 1.68. The molecule has 17 heavy (non-hydrogen) atoms. The van der Waals surface area contributed by atoms with Crippen LogP contribution in [-0.4, -0.2) is 7.11 Å². The van der Waals surface area contributed by atoms with Crippen molar-refractivity contribution in [3.63, 3.8) is 0 Å². The Morgan fingerprint density at radius 2 is 2.24 bits per heavy atom. The number of rotatable bonds is 5. The first-order chi connectivity index (χ1) is 8.26. The molecule has 0 spiro atoms. The highest BCUT2D eigenvalue weighted by Crippen LogP contribution is 2.29. The molecular weight excluding hydrogens is 234 g/mol. The van der Waals surface area contributed by atoms with E-state index in [1.165, 1.54) is 10.4 Å². The van der Waals surface area contributed by atoms with Crippen molar-refractivity contribution in [1.29, 1.82) is 0 Å². The Hall–Kier alpha value is -1.10. The van der Waals surface area contributed by atoms with Crippen LogP contribution in [0.15, 0.2) is 28.0 Å². The van der Waals surface area contributed by atoms with E-state index in [1.807, 2.05) is 12.1 Å². The number of aryl methyl sites for hydroxylation is 1. The molecule has 0 amide bonds. The van der Waals surface area contributed by atoms with Crippen molar-refractivity contribution in [2.45, 2.75) is 26.0 Å². The second kappa shape index (κ2) is 5.49. The topological polar surface area (TPSA) is 48.4 Å². The predicted octanol–water partition coefficient (Wildman–Crippen LogP) is 3.10. The van der Waals surface area contributed by atoms with Gasteiger partial charge in [-0.2, -0.15) is 0 Å². The third-order valence-corrected chi connectivity index (χ3v) is 3.76. The van der Waals surface area contributed by atoms with Gasteiger partial charge < -0.3 is 14.9 Å². The van der Waals surface area contributed by atoms with Crippen molar-refractivity contribution in [1.82, 2.24) is 0 Å². The normalized spacial score (nSPS) is 12.9. The molecule has 2 aromatic heterocycles. The number of methoxy groups -OCH3 is 1. The van der Waals surface area contributed by atoms with Gasteiger partial charge in [-0.3, -0.25) is 0 Å². The molecule has 0 aliphatic carbocycles. The smallest absolute Gasteiger partial charge is 0.129 e. The van der Waals surface area contributed by atoms with Gasteiger partial charge >= 0.3 is 0 Å². The third kappa shape index (κ3) is 2.60. The van der Waals surface area contributed by atoms with Crippen LogP contribution >= 0.6 is 11.3 Å². The summed E-state index contributed by atoms with van der Waals surface area (Å²) in [7, 11) is 1.65. The minimum absolute atomic E-state index is 0.171. The van der Waals surface area contributed by atoms with Crippen LogP contribution in [0.1, 0.15) is 34.9 Å². The number of furan rings is 1. The fourth-order valence-electron chi connectivity index (χ4n) is 1.82. The van der Waals surface area contributed by atoms with Gasteiger partial charge in [-0.1, -0.05) is 6.92 Å². The SMILES string of the molecule is CCc1ccsc1C(N)c1ccc(COC)o1. The quantitative estimate of drug-likeness (QED) is 0.888. The highest BCUT2D eigenvalue weighted by Gasteiger charge is 2.17. The van der Waals surface area contributed by atoms with E-state index in [1.54, 1.807) is 18.4 Å². The second-order valence-corrected chi connectivity index (χ2v) is 4.83. The number of ether oxygens (including phenoxy) is 1. The molecule has 2 heterocycles.